The third-order valence-electron chi connectivity index (χ3n) is 12.6. The zero-order valence-corrected chi connectivity index (χ0v) is 38.0. The molecular weight excluding hydrogens is 858 g/mol. The number of aromatic nitrogens is 2. The van der Waals surface area contributed by atoms with Crippen LogP contribution in [0.4, 0.5) is 0 Å². The number of rotatable bonds is 15. The van der Waals surface area contributed by atoms with E-state index in [9.17, 15) is 27.6 Å². The van der Waals surface area contributed by atoms with Crippen LogP contribution in [-0.4, -0.2) is 138 Å². The lowest BCUT2D eigenvalue weighted by Gasteiger charge is -2.46. The maximum atomic E-state index is 14.6. The van der Waals surface area contributed by atoms with Gasteiger partial charge in [0.2, 0.25) is 27.7 Å². The maximum absolute atomic E-state index is 14.6. The number of pyridine rings is 1. The fourth-order valence-electron chi connectivity index (χ4n) is 8.84. The van der Waals surface area contributed by atoms with Crippen LogP contribution in [0.5, 0.6) is 11.5 Å². The van der Waals surface area contributed by atoms with Crippen molar-refractivity contribution in [2.75, 3.05) is 46.0 Å². The molecule has 0 spiro atoms. The number of thiazole rings is 1. The number of nitrogens with one attached hydrogen (secondary N) is 2. The number of halogens is 1. The first-order valence-corrected chi connectivity index (χ1v) is 24.1. The fourth-order valence-corrected chi connectivity index (χ4v) is 11.4. The first-order chi connectivity index (χ1) is 29.5. The van der Waals surface area contributed by atoms with E-state index in [1.165, 1.54) is 34.1 Å². The van der Waals surface area contributed by atoms with Gasteiger partial charge in [-0.25, -0.2) is 18.4 Å². The molecule has 0 bridgehead atoms. The number of carbonyl (C=O) groups is 4. The molecule has 3 aromatic rings. The SMILES string of the molecule is C=C[C@@H]1C[C@]1(NC(=O)[C@@H]1C[C@@H](Oc2cc(-c3nc(C(C)C)cs3)nc3c(Cl)c(OCCN4CCOCC4)ccc23)[C@H]2CN(C(C)=O)[C@H](C(C)C)C(=O)N21)C(=O)NS(=O)(=O)C1CC1. The van der Waals surface area contributed by atoms with Gasteiger partial charge in [0.1, 0.15) is 57.6 Å². The van der Waals surface area contributed by atoms with Crippen LogP contribution in [0.15, 0.2) is 36.2 Å². The first-order valence-electron chi connectivity index (χ1n) is 21.3. The van der Waals surface area contributed by atoms with E-state index in [1.807, 2.05) is 25.3 Å². The van der Waals surface area contributed by atoms with Crippen molar-refractivity contribution in [2.24, 2.45) is 11.8 Å². The van der Waals surface area contributed by atoms with Gasteiger partial charge >= 0.3 is 0 Å². The average molecular weight is 913 g/mol. The number of sulfonamides is 1. The van der Waals surface area contributed by atoms with Crippen LogP contribution < -0.4 is 19.5 Å². The third kappa shape index (κ3) is 8.52. The van der Waals surface area contributed by atoms with Crippen molar-refractivity contribution >= 4 is 67.5 Å². The van der Waals surface area contributed by atoms with Crippen LogP contribution in [0.3, 0.4) is 0 Å². The third-order valence-corrected chi connectivity index (χ3v) is 15.7. The van der Waals surface area contributed by atoms with Crippen LogP contribution in [0.25, 0.3) is 21.6 Å². The minimum absolute atomic E-state index is 0.00000636. The summed E-state index contributed by atoms with van der Waals surface area (Å²) in [6.07, 6.45) is 1.74. The second-order valence-corrected chi connectivity index (χ2v) is 20.8. The molecule has 2 aromatic heterocycles. The molecule has 3 aliphatic heterocycles. The van der Waals surface area contributed by atoms with E-state index in [2.05, 4.69) is 35.4 Å². The highest BCUT2D eigenvalue weighted by atomic mass is 35.5. The van der Waals surface area contributed by atoms with E-state index in [0.29, 0.717) is 72.3 Å². The van der Waals surface area contributed by atoms with Gasteiger partial charge < -0.3 is 29.3 Å². The maximum Gasteiger partial charge on any atom is 0.259 e. The topological polar surface area (TPSA) is 190 Å². The Morgan fingerprint density at radius 2 is 1.87 bits per heavy atom. The summed E-state index contributed by atoms with van der Waals surface area (Å²) >= 11 is 8.55. The predicted octanol–water partition coefficient (Wildman–Crippen LogP) is 4.12. The standard InChI is InChI=1S/C43H54ClN7O9S2/c1-7-26-20-43(26,42(55)48-62(56,57)27-8-9-27)47-39(53)31-19-35(32-21-50(25(6)52)38(24(4)5)41(54)51(31)32)60-34-18-29(40-46-30(22-61-40)23(2)3)45-37-28(34)10-11-33(36(37)44)59-17-14-49-12-15-58-16-13-49/h7,10-11,18,22-24,26-27,31-32,35,38H,1,8-9,12-17,19-21H2,2-6H3,(H,47,53)(H,48,55)/t26-,31+,32-,35-,38-,43-/m1/s1. The number of hydrogen-bond acceptors (Lipinski definition) is 13. The lowest BCUT2D eigenvalue weighted by Crippen LogP contribution is -2.67. The summed E-state index contributed by atoms with van der Waals surface area (Å²) in [4.78, 5) is 71.2. The fraction of sp³-hybridized carbons (Fsp3) is 0.581. The second kappa shape index (κ2) is 17.3. The van der Waals surface area contributed by atoms with E-state index in [0.717, 1.165) is 18.8 Å². The van der Waals surface area contributed by atoms with E-state index in [-0.39, 0.29) is 42.2 Å². The lowest BCUT2D eigenvalue weighted by atomic mass is 9.95. The van der Waals surface area contributed by atoms with Crippen LogP contribution in [-0.2, 0) is 33.9 Å². The second-order valence-electron chi connectivity index (χ2n) is 17.6. The zero-order valence-electron chi connectivity index (χ0n) is 35.6. The van der Waals surface area contributed by atoms with Crippen LogP contribution in [0.2, 0.25) is 5.02 Å². The summed E-state index contributed by atoms with van der Waals surface area (Å²) in [5.74, 6) is -2.01. The number of hydrogen-bond donors (Lipinski definition) is 2. The van der Waals surface area contributed by atoms with E-state index >= 15 is 0 Å². The Kier molecular flexibility index (Phi) is 12.4. The molecular formula is C43H54ClN7O9S2. The highest BCUT2D eigenvalue weighted by Crippen LogP contribution is 2.47. The number of fused-ring (bicyclic) bond motifs is 2. The van der Waals surface area contributed by atoms with Crippen LogP contribution in [0.1, 0.15) is 71.9 Å². The van der Waals surface area contributed by atoms with Gasteiger partial charge in [-0.15, -0.1) is 17.9 Å². The van der Waals surface area contributed by atoms with Gasteiger partial charge in [-0.05, 0) is 43.2 Å². The Labute approximate surface area is 370 Å². The summed E-state index contributed by atoms with van der Waals surface area (Å²) < 4.78 is 46.5. The number of ether oxygens (including phenoxy) is 3. The molecule has 19 heteroatoms. The van der Waals surface area contributed by atoms with E-state index in [1.54, 1.807) is 12.1 Å². The van der Waals surface area contributed by atoms with Gasteiger partial charge in [0.15, 0.2) is 0 Å². The highest BCUT2D eigenvalue weighted by Gasteiger charge is 2.63. The number of benzene rings is 1. The van der Waals surface area contributed by atoms with Crippen molar-refractivity contribution in [3.63, 3.8) is 0 Å². The molecule has 0 radical (unpaired) electrons. The molecule has 3 saturated heterocycles. The molecule has 6 atom stereocenters. The normalized spacial score (nSPS) is 26.5. The van der Waals surface area contributed by atoms with Crippen LogP contribution >= 0.6 is 22.9 Å². The first kappa shape index (κ1) is 44.3. The largest absolute Gasteiger partial charge is 0.491 e. The van der Waals surface area contributed by atoms with Gasteiger partial charge in [-0.1, -0.05) is 45.4 Å². The summed E-state index contributed by atoms with van der Waals surface area (Å²) in [5, 5.41) is 5.68. The number of morpholine rings is 1. The number of piperazine rings is 1. The molecule has 334 valence electrons. The van der Waals surface area contributed by atoms with Crippen molar-refractivity contribution in [2.45, 2.75) is 101 Å². The quantitative estimate of drug-likeness (QED) is 0.208. The lowest BCUT2D eigenvalue weighted by molar-refractivity contribution is -0.159. The Balaban J connectivity index is 1.14. The molecule has 2 aliphatic carbocycles. The molecule has 4 amide bonds. The number of nitrogens with zero attached hydrogens (tertiary/aromatic N) is 5. The van der Waals surface area contributed by atoms with Gasteiger partial charge in [0.05, 0.1) is 35.7 Å². The number of carbonyl (C=O) groups excluding carboxylic acids is 4. The van der Waals surface area contributed by atoms with E-state index < -0.39 is 68.7 Å². The van der Waals surface area contributed by atoms with Gasteiger partial charge in [-0.3, -0.25) is 28.8 Å². The Morgan fingerprint density at radius 1 is 1.13 bits per heavy atom. The van der Waals surface area contributed by atoms with Gasteiger partial charge in [0.25, 0.3) is 5.91 Å². The van der Waals surface area contributed by atoms with E-state index in [4.69, 9.17) is 35.8 Å². The average Bonchev–Trinajstić information content (AvgIpc) is 4.13. The minimum atomic E-state index is -3.92. The zero-order chi connectivity index (χ0) is 44.2. The molecule has 62 heavy (non-hydrogen) atoms. The minimum Gasteiger partial charge on any atom is -0.491 e. The van der Waals surface area contributed by atoms with Gasteiger partial charge in [-0.2, -0.15) is 0 Å². The molecule has 2 N–H and O–H groups in total. The van der Waals surface area contributed by atoms with Crippen molar-refractivity contribution in [3.8, 4) is 22.2 Å². The Hall–Kier alpha value is -4.36. The number of amides is 4. The smallest absolute Gasteiger partial charge is 0.259 e. The molecule has 2 saturated carbocycles. The van der Waals surface area contributed by atoms with Crippen LogP contribution in [0, 0.1) is 11.8 Å². The monoisotopic (exact) mass is 911 g/mol. The Morgan fingerprint density at radius 3 is 2.50 bits per heavy atom. The molecule has 16 nitrogen and oxygen atoms in total. The Bertz CT molecular complexity index is 2380. The molecule has 1 aromatic carbocycles. The molecule has 8 rings (SSSR count). The predicted molar refractivity (Wildman–Crippen MR) is 233 cm³/mol. The van der Waals surface area contributed by atoms with Crippen molar-refractivity contribution < 1.29 is 41.8 Å². The summed E-state index contributed by atoms with van der Waals surface area (Å²) in [6, 6.07) is 2.61. The molecule has 5 fully saturated rings. The van der Waals surface area contributed by atoms with Crippen molar-refractivity contribution in [3.05, 3.63) is 47.0 Å². The molecule has 0 unspecified atom stereocenters. The molecule has 5 heterocycles. The van der Waals surface area contributed by atoms with Gasteiger partial charge in [0, 0.05) is 62.3 Å². The van der Waals surface area contributed by atoms with Crippen molar-refractivity contribution in [1.82, 2.24) is 34.7 Å². The van der Waals surface area contributed by atoms with Crippen molar-refractivity contribution in [1.29, 1.82) is 0 Å². The molecule has 5 aliphatic rings. The highest BCUT2D eigenvalue weighted by molar-refractivity contribution is 7.91. The summed E-state index contributed by atoms with van der Waals surface area (Å²) in [6.45, 7) is 17.2. The summed E-state index contributed by atoms with van der Waals surface area (Å²) in [5.41, 5.74) is 0.256. The summed E-state index contributed by atoms with van der Waals surface area (Å²) in [7, 11) is -3.92.